The number of hydrogen-bond donors (Lipinski definition) is 1. The minimum Gasteiger partial charge on any atom is -0.497 e. The van der Waals surface area contributed by atoms with E-state index in [2.05, 4.69) is 35.1 Å². The van der Waals surface area contributed by atoms with Gasteiger partial charge in [0, 0.05) is 24.2 Å². The zero-order chi connectivity index (χ0) is 13.4. The topological polar surface area (TPSA) is 30.5 Å². The highest BCUT2D eigenvalue weighted by atomic mass is 79.9. The van der Waals surface area contributed by atoms with Crippen LogP contribution in [0.5, 0.6) is 5.75 Å². The molecule has 3 nitrogen and oxygen atoms in total. The minimum absolute atomic E-state index is 0.595. The quantitative estimate of drug-likeness (QED) is 0.747. The van der Waals surface area contributed by atoms with Crippen molar-refractivity contribution in [2.45, 2.75) is 20.4 Å². The Hall–Kier alpha value is -0.580. The van der Waals surface area contributed by atoms with Gasteiger partial charge >= 0.3 is 0 Å². The number of hydrogen-bond acceptors (Lipinski definition) is 3. The van der Waals surface area contributed by atoms with Crippen LogP contribution in [0.2, 0.25) is 0 Å². The van der Waals surface area contributed by atoms with Gasteiger partial charge in [-0.25, -0.2) is 0 Å². The standard InChI is InChI=1S/C14H22BrNO2/c1-11(2)10-18-7-6-16-9-12-8-13(17-3)4-5-14(12)15/h4-5,8,11,16H,6-7,9-10H2,1-3H3. The summed E-state index contributed by atoms with van der Waals surface area (Å²) in [5.41, 5.74) is 1.19. The summed E-state index contributed by atoms with van der Waals surface area (Å²) >= 11 is 3.53. The zero-order valence-electron chi connectivity index (χ0n) is 11.3. The Morgan fingerprint density at radius 3 is 2.78 bits per heavy atom. The van der Waals surface area contributed by atoms with E-state index in [1.54, 1.807) is 7.11 Å². The van der Waals surface area contributed by atoms with Crippen LogP contribution < -0.4 is 10.1 Å². The van der Waals surface area contributed by atoms with Crippen LogP contribution in [-0.4, -0.2) is 26.9 Å². The molecule has 0 aliphatic rings. The van der Waals surface area contributed by atoms with Crippen LogP contribution in [0.25, 0.3) is 0 Å². The summed E-state index contributed by atoms with van der Waals surface area (Å²) in [6.07, 6.45) is 0. The van der Waals surface area contributed by atoms with E-state index >= 15 is 0 Å². The molecule has 0 saturated heterocycles. The van der Waals surface area contributed by atoms with Crippen molar-refractivity contribution in [3.05, 3.63) is 28.2 Å². The van der Waals surface area contributed by atoms with Gasteiger partial charge in [0.15, 0.2) is 0 Å². The lowest BCUT2D eigenvalue weighted by molar-refractivity contribution is 0.111. The van der Waals surface area contributed by atoms with Gasteiger partial charge in [-0.15, -0.1) is 0 Å². The van der Waals surface area contributed by atoms with E-state index in [0.717, 1.165) is 36.5 Å². The molecule has 1 aromatic rings. The van der Waals surface area contributed by atoms with Crippen molar-refractivity contribution >= 4 is 15.9 Å². The third kappa shape index (κ3) is 5.85. The molecule has 0 unspecified atom stereocenters. The van der Waals surface area contributed by atoms with Gasteiger partial charge in [-0.2, -0.15) is 0 Å². The van der Waals surface area contributed by atoms with E-state index in [1.807, 2.05) is 18.2 Å². The fourth-order valence-corrected chi connectivity index (χ4v) is 1.89. The molecule has 0 radical (unpaired) electrons. The fourth-order valence-electron chi connectivity index (χ4n) is 1.50. The second-order valence-electron chi connectivity index (χ2n) is 4.60. The van der Waals surface area contributed by atoms with E-state index in [1.165, 1.54) is 5.56 Å². The molecule has 0 aromatic heterocycles. The molecule has 0 saturated carbocycles. The van der Waals surface area contributed by atoms with E-state index in [0.29, 0.717) is 5.92 Å². The predicted octanol–water partition coefficient (Wildman–Crippen LogP) is 3.22. The summed E-state index contributed by atoms with van der Waals surface area (Å²) in [4.78, 5) is 0. The number of methoxy groups -OCH3 is 1. The van der Waals surface area contributed by atoms with Crippen molar-refractivity contribution in [3.63, 3.8) is 0 Å². The Balaban J connectivity index is 2.26. The Morgan fingerprint density at radius 1 is 1.33 bits per heavy atom. The van der Waals surface area contributed by atoms with Crippen LogP contribution in [-0.2, 0) is 11.3 Å². The van der Waals surface area contributed by atoms with Crippen molar-refractivity contribution < 1.29 is 9.47 Å². The highest BCUT2D eigenvalue weighted by Crippen LogP contribution is 2.22. The van der Waals surface area contributed by atoms with Crippen molar-refractivity contribution in [1.82, 2.24) is 5.32 Å². The van der Waals surface area contributed by atoms with E-state index in [-0.39, 0.29) is 0 Å². The van der Waals surface area contributed by atoms with Crippen LogP contribution in [0.15, 0.2) is 22.7 Å². The molecule has 0 fully saturated rings. The molecule has 0 bridgehead atoms. The van der Waals surface area contributed by atoms with Crippen molar-refractivity contribution in [3.8, 4) is 5.75 Å². The molecule has 0 atom stereocenters. The van der Waals surface area contributed by atoms with Crippen molar-refractivity contribution in [2.24, 2.45) is 5.92 Å². The molecular formula is C14H22BrNO2. The van der Waals surface area contributed by atoms with Crippen LogP contribution in [0.3, 0.4) is 0 Å². The Bertz CT molecular complexity index is 356. The van der Waals surface area contributed by atoms with Crippen LogP contribution in [0.1, 0.15) is 19.4 Å². The molecule has 1 aromatic carbocycles. The Kier molecular flexibility index (Phi) is 7.32. The summed E-state index contributed by atoms with van der Waals surface area (Å²) < 4.78 is 11.8. The van der Waals surface area contributed by atoms with Gasteiger partial charge in [0.05, 0.1) is 13.7 Å². The van der Waals surface area contributed by atoms with E-state index in [4.69, 9.17) is 9.47 Å². The molecule has 1 N–H and O–H groups in total. The average Bonchev–Trinajstić information content (AvgIpc) is 2.35. The SMILES string of the molecule is COc1ccc(Br)c(CNCCOCC(C)C)c1. The van der Waals surface area contributed by atoms with Gasteiger partial charge in [-0.3, -0.25) is 0 Å². The summed E-state index contributed by atoms with van der Waals surface area (Å²) in [5, 5.41) is 3.36. The van der Waals surface area contributed by atoms with Crippen LogP contribution >= 0.6 is 15.9 Å². The maximum absolute atomic E-state index is 5.51. The Morgan fingerprint density at radius 2 is 2.11 bits per heavy atom. The number of benzene rings is 1. The lowest BCUT2D eigenvalue weighted by Crippen LogP contribution is -2.20. The third-order valence-electron chi connectivity index (χ3n) is 2.44. The highest BCUT2D eigenvalue weighted by Gasteiger charge is 2.01. The first-order valence-corrected chi connectivity index (χ1v) is 7.03. The first-order chi connectivity index (χ1) is 8.63. The summed E-state index contributed by atoms with van der Waals surface area (Å²) in [6.45, 7) is 7.55. The number of halogens is 1. The number of rotatable bonds is 8. The lowest BCUT2D eigenvalue weighted by atomic mass is 10.2. The molecule has 0 spiro atoms. The highest BCUT2D eigenvalue weighted by molar-refractivity contribution is 9.10. The Labute approximate surface area is 118 Å². The van der Waals surface area contributed by atoms with Gasteiger partial charge in [0.1, 0.15) is 5.75 Å². The first-order valence-electron chi connectivity index (χ1n) is 6.24. The summed E-state index contributed by atoms with van der Waals surface area (Å²) in [5.74, 6) is 1.48. The molecule has 0 aliphatic carbocycles. The molecule has 18 heavy (non-hydrogen) atoms. The second kappa shape index (κ2) is 8.51. The molecule has 0 amide bonds. The minimum atomic E-state index is 0.595. The fraction of sp³-hybridized carbons (Fsp3) is 0.571. The van der Waals surface area contributed by atoms with E-state index < -0.39 is 0 Å². The molecule has 102 valence electrons. The van der Waals surface area contributed by atoms with Gasteiger partial charge in [-0.1, -0.05) is 29.8 Å². The third-order valence-corrected chi connectivity index (χ3v) is 3.22. The van der Waals surface area contributed by atoms with Gasteiger partial charge < -0.3 is 14.8 Å². The summed E-state index contributed by atoms with van der Waals surface area (Å²) in [7, 11) is 1.68. The number of nitrogens with one attached hydrogen (secondary N) is 1. The molecule has 0 heterocycles. The maximum Gasteiger partial charge on any atom is 0.119 e. The van der Waals surface area contributed by atoms with Crippen LogP contribution in [0.4, 0.5) is 0 Å². The van der Waals surface area contributed by atoms with Crippen molar-refractivity contribution in [2.75, 3.05) is 26.9 Å². The normalized spacial score (nSPS) is 10.9. The zero-order valence-corrected chi connectivity index (χ0v) is 12.9. The molecule has 0 aliphatic heterocycles. The smallest absolute Gasteiger partial charge is 0.119 e. The molecule has 4 heteroatoms. The lowest BCUT2D eigenvalue weighted by Gasteiger charge is -2.10. The van der Waals surface area contributed by atoms with E-state index in [9.17, 15) is 0 Å². The van der Waals surface area contributed by atoms with Crippen molar-refractivity contribution in [1.29, 1.82) is 0 Å². The first kappa shape index (κ1) is 15.5. The number of ether oxygens (including phenoxy) is 2. The average molecular weight is 316 g/mol. The maximum atomic E-state index is 5.51. The van der Waals surface area contributed by atoms with Crippen LogP contribution in [0, 0.1) is 5.92 Å². The largest absolute Gasteiger partial charge is 0.497 e. The predicted molar refractivity (Wildman–Crippen MR) is 78.1 cm³/mol. The van der Waals surface area contributed by atoms with Gasteiger partial charge in [-0.05, 0) is 29.7 Å². The molecule has 1 rings (SSSR count). The molecular weight excluding hydrogens is 294 g/mol. The second-order valence-corrected chi connectivity index (χ2v) is 5.46. The van der Waals surface area contributed by atoms with Gasteiger partial charge in [0.2, 0.25) is 0 Å². The van der Waals surface area contributed by atoms with Gasteiger partial charge in [0.25, 0.3) is 0 Å². The monoisotopic (exact) mass is 315 g/mol. The summed E-state index contributed by atoms with van der Waals surface area (Å²) in [6, 6.07) is 5.98.